The van der Waals surface area contributed by atoms with Crippen molar-refractivity contribution < 1.29 is 19.1 Å². The molecule has 15 heavy (non-hydrogen) atoms. The second kappa shape index (κ2) is 4.93. The average molecular weight is 273 g/mol. The van der Waals surface area contributed by atoms with E-state index in [4.69, 9.17) is 4.74 Å². The number of esters is 2. The van der Waals surface area contributed by atoms with Crippen LogP contribution in [0.2, 0.25) is 0 Å². The van der Waals surface area contributed by atoms with Crippen molar-refractivity contribution in [2.45, 2.75) is 6.92 Å². The molecule has 0 radical (unpaired) electrons. The molecule has 0 N–H and O–H groups in total. The maximum absolute atomic E-state index is 11.2. The molecule has 5 heteroatoms. The SMILES string of the molecule is COC(=O)c1ccc(Br)c(OC(C)=O)c1. The van der Waals surface area contributed by atoms with Crippen LogP contribution in [0.4, 0.5) is 0 Å². The van der Waals surface area contributed by atoms with Crippen molar-refractivity contribution in [3.8, 4) is 5.75 Å². The van der Waals surface area contributed by atoms with E-state index in [1.807, 2.05) is 0 Å². The molecular weight excluding hydrogens is 264 g/mol. The highest BCUT2D eigenvalue weighted by Crippen LogP contribution is 2.26. The molecule has 0 amide bonds. The predicted molar refractivity (Wildman–Crippen MR) is 56.8 cm³/mol. The second-order valence-corrected chi connectivity index (χ2v) is 3.58. The van der Waals surface area contributed by atoms with Gasteiger partial charge in [0.1, 0.15) is 5.75 Å². The quantitative estimate of drug-likeness (QED) is 0.612. The third-order valence-electron chi connectivity index (χ3n) is 1.61. The number of benzene rings is 1. The normalized spacial score (nSPS) is 9.53. The molecule has 0 aliphatic heterocycles. The van der Waals surface area contributed by atoms with Crippen molar-refractivity contribution in [3.63, 3.8) is 0 Å². The van der Waals surface area contributed by atoms with Gasteiger partial charge >= 0.3 is 11.9 Å². The fourth-order valence-electron chi connectivity index (χ4n) is 0.981. The van der Waals surface area contributed by atoms with Gasteiger partial charge in [-0.1, -0.05) is 0 Å². The van der Waals surface area contributed by atoms with Crippen LogP contribution in [0.5, 0.6) is 5.75 Å². The summed E-state index contributed by atoms with van der Waals surface area (Å²) in [5, 5.41) is 0. The number of hydrogen-bond donors (Lipinski definition) is 0. The van der Waals surface area contributed by atoms with Gasteiger partial charge in [0.05, 0.1) is 17.1 Å². The summed E-state index contributed by atoms with van der Waals surface area (Å²) in [5.41, 5.74) is 0.331. The zero-order valence-electron chi connectivity index (χ0n) is 8.24. The summed E-state index contributed by atoms with van der Waals surface area (Å²) in [5.74, 6) is -0.626. The van der Waals surface area contributed by atoms with Gasteiger partial charge < -0.3 is 9.47 Å². The van der Waals surface area contributed by atoms with Crippen molar-refractivity contribution in [1.82, 2.24) is 0 Å². The summed E-state index contributed by atoms with van der Waals surface area (Å²) in [6.07, 6.45) is 0. The van der Waals surface area contributed by atoms with Gasteiger partial charge in [-0.2, -0.15) is 0 Å². The van der Waals surface area contributed by atoms with Gasteiger partial charge in [0.25, 0.3) is 0 Å². The molecule has 1 rings (SSSR count). The topological polar surface area (TPSA) is 52.6 Å². The lowest BCUT2D eigenvalue weighted by atomic mass is 10.2. The molecule has 0 aliphatic rings. The Balaban J connectivity index is 3.05. The van der Waals surface area contributed by atoms with Crippen LogP contribution in [-0.4, -0.2) is 19.0 Å². The molecule has 0 heterocycles. The Hall–Kier alpha value is -1.36. The number of carbonyl (C=O) groups excluding carboxylic acids is 2. The van der Waals surface area contributed by atoms with Crippen LogP contribution >= 0.6 is 15.9 Å². The molecule has 0 unspecified atom stereocenters. The van der Waals surface area contributed by atoms with E-state index in [1.54, 1.807) is 12.1 Å². The molecule has 0 atom stereocenters. The molecule has 0 bridgehead atoms. The van der Waals surface area contributed by atoms with Crippen molar-refractivity contribution in [2.24, 2.45) is 0 Å². The van der Waals surface area contributed by atoms with Gasteiger partial charge in [0.2, 0.25) is 0 Å². The Labute approximate surface area is 95.3 Å². The largest absolute Gasteiger partial charge is 0.465 e. The predicted octanol–water partition coefficient (Wildman–Crippen LogP) is 2.16. The summed E-state index contributed by atoms with van der Waals surface area (Å²) >= 11 is 3.20. The van der Waals surface area contributed by atoms with E-state index >= 15 is 0 Å². The van der Waals surface area contributed by atoms with E-state index in [-0.39, 0.29) is 0 Å². The van der Waals surface area contributed by atoms with E-state index < -0.39 is 11.9 Å². The minimum absolute atomic E-state index is 0.297. The lowest BCUT2D eigenvalue weighted by Crippen LogP contribution is -2.05. The van der Waals surface area contributed by atoms with Gasteiger partial charge in [0, 0.05) is 6.92 Å². The Morgan fingerprint density at radius 3 is 2.53 bits per heavy atom. The highest BCUT2D eigenvalue weighted by atomic mass is 79.9. The van der Waals surface area contributed by atoms with Crippen LogP contribution in [0, 0.1) is 0 Å². The third kappa shape index (κ3) is 3.06. The molecule has 0 fully saturated rings. The van der Waals surface area contributed by atoms with Crippen LogP contribution in [0.25, 0.3) is 0 Å². The van der Waals surface area contributed by atoms with Gasteiger partial charge in [-0.05, 0) is 34.1 Å². The summed E-state index contributed by atoms with van der Waals surface area (Å²) in [6.45, 7) is 1.29. The molecule has 0 spiro atoms. The highest BCUT2D eigenvalue weighted by molar-refractivity contribution is 9.10. The summed E-state index contributed by atoms with van der Waals surface area (Å²) in [4.78, 5) is 21.9. The van der Waals surface area contributed by atoms with Crippen molar-refractivity contribution in [2.75, 3.05) is 7.11 Å². The van der Waals surface area contributed by atoms with Crippen molar-refractivity contribution in [3.05, 3.63) is 28.2 Å². The van der Waals surface area contributed by atoms with E-state index in [0.717, 1.165) is 0 Å². The number of ether oxygens (including phenoxy) is 2. The number of carbonyl (C=O) groups is 2. The first-order valence-corrected chi connectivity index (χ1v) is 4.90. The minimum Gasteiger partial charge on any atom is -0.465 e. The average Bonchev–Trinajstić information content (AvgIpc) is 2.19. The maximum atomic E-state index is 11.2. The van der Waals surface area contributed by atoms with Gasteiger partial charge in [0.15, 0.2) is 0 Å². The zero-order valence-corrected chi connectivity index (χ0v) is 9.83. The first-order chi connectivity index (χ1) is 7.04. The highest BCUT2D eigenvalue weighted by Gasteiger charge is 2.10. The molecule has 0 saturated heterocycles. The van der Waals surface area contributed by atoms with Crippen LogP contribution in [0.3, 0.4) is 0 Å². The summed E-state index contributed by atoms with van der Waals surface area (Å²) in [7, 11) is 1.29. The molecule has 0 aromatic heterocycles. The fourth-order valence-corrected chi connectivity index (χ4v) is 1.31. The maximum Gasteiger partial charge on any atom is 0.337 e. The number of halogens is 1. The fraction of sp³-hybridized carbons (Fsp3) is 0.200. The Kier molecular flexibility index (Phi) is 3.85. The standard InChI is InChI=1S/C10H9BrO4/c1-6(12)15-9-5-7(10(13)14-2)3-4-8(9)11/h3-5H,1-2H3. The summed E-state index contributed by atoms with van der Waals surface area (Å²) in [6, 6.07) is 4.63. The molecule has 80 valence electrons. The van der Waals surface area contributed by atoms with Gasteiger partial charge in [-0.3, -0.25) is 4.79 Å². The zero-order chi connectivity index (χ0) is 11.4. The molecule has 1 aromatic rings. The molecule has 0 aliphatic carbocycles. The van der Waals surface area contributed by atoms with Crippen LogP contribution in [0.15, 0.2) is 22.7 Å². The number of methoxy groups -OCH3 is 1. The summed E-state index contributed by atoms with van der Waals surface area (Å²) < 4.78 is 10.0. The first-order valence-electron chi connectivity index (χ1n) is 4.11. The second-order valence-electron chi connectivity index (χ2n) is 2.73. The Morgan fingerprint density at radius 1 is 1.33 bits per heavy atom. The van der Waals surface area contributed by atoms with Crippen molar-refractivity contribution in [1.29, 1.82) is 0 Å². The monoisotopic (exact) mass is 272 g/mol. The smallest absolute Gasteiger partial charge is 0.337 e. The minimum atomic E-state index is -0.476. The van der Waals surface area contributed by atoms with E-state index in [1.165, 1.54) is 20.1 Å². The Morgan fingerprint density at radius 2 is 2.00 bits per heavy atom. The van der Waals surface area contributed by atoms with E-state index in [0.29, 0.717) is 15.8 Å². The number of rotatable bonds is 2. The third-order valence-corrected chi connectivity index (χ3v) is 2.26. The molecular formula is C10H9BrO4. The lowest BCUT2D eigenvalue weighted by Gasteiger charge is -2.05. The van der Waals surface area contributed by atoms with E-state index in [2.05, 4.69) is 20.7 Å². The lowest BCUT2D eigenvalue weighted by molar-refractivity contribution is -0.131. The molecule has 4 nitrogen and oxygen atoms in total. The van der Waals surface area contributed by atoms with Crippen molar-refractivity contribution >= 4 is 27.9 Å². The first kappa shape index (κ1) is 11.7. The molecule has 0 saturated carbocycles. The van der Waals surface area contributed by atoms with Crippen LogP contribution in [-0.2, 0) is 9.53 Å². The number of hydrogen-bond acceptors (Lipinski definition) is 4. The van der Waals surface area contributed by atoms with Gasteiger partial charge in [-0.25, -0.2) is 4.79 Å². The van der Waals surface area contributed by atoms with Crippen LogP contribution < -0.4 is 4.74 Å². The Bertz CT molecular complexity index is 400. The van der Waals surface area contributed by atoms with Crippen LogP contribution in [0.1, 0.15) is 17.3 Å². The molecule has 1 aromatic carbocycles. The van der Waals surface area contributed by atoms with E-state index in [9.17, 15) is 9.59 Å². The van der Waals surface area contributed by atoms with Gasteiger partial charge in [-0.15, -0.1) is 0 Å².